The number of carbonyl (C=O) groups is 1. The van der Waals surface area contributed by atoms with Gasteiger partial charge in [-0.05, 0) is 23.8 Å². The molecule has 0 radical (unpaired) electrons. The molecule has 0 atom stereocenters. The Morgan fingerprint density at radius 1 is 1.04 bits per heavy atom. The fourth-order valence-electron chi connectivity index (χ4n) is 2.68. The van der Waals surface area contributed by atoms with Gasteiger partial charge in [-0.25, -0.2) is 9.97 Å². The number of hydrogen-bond donors (Lipinski definition) is 2. The summed E-state index contributed by atoms with van der Waals surface area (Å²) in [5, 5.41) is 12.5. The summed E-state index contributed by atoms with van der Waals surface area (Å²) >= 11 is 0. The Kier molecular flexibility index (Phi) is 5.43. The molecule has 6 nitrogen and oxygen atoms in total. The maximum atomic E-state index is 12.2. The summed E-state index contributed by atoms with van der Waals surface area (Å²) in [4.78, 5) is 22.6. The number of hydrogen-bond acceptors (Lipinski definition) is 5. The van der Waals surface area contributed by atoms with E-state index in [0.29, 0.717) is 6.54 Å². The smallest absolute Gasteiger partial charge is 0.274 e. The van der Waals surface area contributed by atoms with Crippen LogP contribution in [0.15, 0.2) is 67.0 Å². The number of pyridine rings is 2. The van der Waals surface area contributed by atoms with Crippen LogP contribution in [0, 0.1) is 0 Å². The Bertz CT molecular complexity index is 884. The number of nitrogens with zero attached hydrogens (tertiary/aromatic N) is 3. The van der Waals surface area contributed by atoms with Crippen LogP contribution in [0.3, 0.4) is 0 Å². The zero-order chi connectivity index (χ0) is 18.4. The summed E-state index contributed by atoms with van der Waals surface area (Å²) in [6.45, 7) is 0.997. The van der Waals surface area contributed by atoms with Crippen LogP contribution in [0.2, 0.25) is 0 Å². The average Bonchev–Trinajstić information content (AvgIpc) is 2.67. The molecule has 0 unspecified atom stereocenters. The van der Waals surface area contributed by atoms with Crippen molar-refractivity contribution in [2.45, 2.75) is 13.1 Å². The predicted molar refractivity (Wildman–Crippen MR) is 99.9 cm³/mol. The van der Waals surface area contributed by atoms with E-state index in [-0.39, 0.29) is 18.0 Å². The second kappa shape index (κ2) is 8.11. The highest BCUT2D eigenvalue weighted by Crippen LogP contribution is 2.19. The number of benzene rings is 1. The Morgan fingerprint density at radius 3 is 2.54 bits per heavy atom. The quantitative estimate of drug-likeness (QED) is 0.716. The minimum Gasteiger partial charge on any atom is -0.505 e. The molecule has 2 N–H and O–H groups in total. The fourth-order valence-corrected chi connectivity index (χ4v) is 2.68. The highest BCUT2D eigenvalue weighted by molar-refractivity contribution is 5.94. The first-order valence-corrected chi connectivity index (χ1v) is 8.26. The van der Waals surface area contributed by atoms with Crippen molar-refractivity contribution in [3.8, 4) is 5.75 Å². The van der Waals surface area contributed by atoms with Crippen LogP contribution < -0.4 is 10.2 Å². The van der Waals surface area contributed by atoms with E-state index in [0.717, 1.165) is 11.4 Å². The van der Waals surface area contributed by atoms with Gasteiger partial charge in [0.25, 0.3) is 5.91 Å². The van der Waals surface area contributed by atoms with E-state index in [1.165, 1.54) is 17.8 Å². The van der Waals surface area contributed by atoms with E-state index in [2.05, 4.69) is 27.4 Å². The lowest BCUT2D eigenvalue weighted by molar-refractivity contribution is 0.0943. The van der Waals surface area contributed by atoms with E-state index in [1.807, 2.05) is 42.3 Å². The molecule has 0 saturated heterocycles. The molecule has 0 aliphatic heterocycles. The molecule has 0 bridgehead atoms. The number of aromatic nitrogens is 2. The maximum absolute atomic E-state index is 12.2. The lowest BCUT2D eigenvalue weighted by Gasteiger charge is -2.21. The first-order valence-electron chi connectivity index (χ1n) is 8.26. The van der Waals surface area contributed by atoms with Gasteiger partial charge in [0.15, 0.2) is 5.69 Å². The van der Waals surface area contributed by atoms with Crippen molar-refractivity contribution in [2.75, 3.05) is 11.9 Å². The van der Waals surface area contributed by atoms with Gasteiger partial charge in [-0.1, -0.05) is 36.4 Å². The maximum Gasteiger partial charge on any atom is 0.274 e. The molecule has 0 fully saturated rings. The van der Waals surface area contributed by atoms with Crippen LogP contribution >= 0.6 is 0 Å². The van der Waals surface area contributed by atoms with Crippen molar-refractivity contribution >= 4 is 11.7 Å². The topological polar surface area (TPSA) is 78.4 Å². The molecule has 3 rings (SSSR count). The fraction of sp³-hybridized carbons (Fsp3) is 0.150. The molecule has 2 heterocycles. The van der Waals surface area contributed by atoms with Gasteiger partial charge in [0.05, 0.1) is 0 Å². The minimum atomic E-state index is -0.427. The standard InChI is InChI=1S/C20H20N4O2/c1-24(14-15-7-3-2-4-8-15)19-16(9-5-12-22-19)13-23-20(26)18-17(25)10-6-11-21-18/h2-12,25H,13-14H2,1H3,(H,23,26). The normalized spacial score (nSPS) is 10.3. The number of amides is 1. The number of nitrogens with one attached hydrogen (secondary N) is 1. The van der Waals surface area contributed by atoms with Gasteiger partial charge >= 0.3 is 0 Å². The zero-order valence-corrected chi connectivity index (χ0v) is 14.5. The number of anilines is 1. The monoisotopic (exact) mass is 348 g/mol. The molecule has 2 aromatic heterocycles. The third kappa shape index (κ3) is 4.16. The number of rotatable bonds is 6. The minimum absolute atomic E-state index is 0.00980. The Balaban J connectivity index is 1.71. The van der Waals surface area contributed by atoms with Gasteiger partial charge in [-0.15, -0.1) is 0 Å². The third-order valence-corrected chi connectivity index (χ3v) is 3.93. The molecule has 0 aliphatic carbocycles. The van der Waals surface area contributed by atoms with Crippen LogP contribution in [0.5, 0.6) is 5.75 Å². The Hall–Kier alpha value is -3.41. The molecule has 0 spiro atoms. The van der Waals surface area contributed by atoms with E-state index in [9.17, 15) is 9.90 Å². The summed E-state index contributed by atoms with van der Waals surface area (Å²) in [5.74, 6) is 0.225. The molecule has 1 aromatic carbocycles. The van der Waals surface area contributed by atoms with Crippen molar-refractivity contribution in [3.05, 3.63) is 83.8 Å². The van der Waals surface area contributed by atoms with Crippen molar-refractivity contribution in [1.29, 1.82) is 0 Å². The summed E-state index contributed by atoms with van der Waals surface area (Å²) < 4.78 is 0. The molecule has 1 amide bonds. The molecule has 0 aliphatic rings. The average molecular weight is 348 g/mol. The summed E-state index contributed by atoms with van der Waals surface area (Å²) in [7, 11) is 1.96. The molecule has 132 valence electrons. The van der Waals surface area contributed by atoms with Gasteiger partial charge < -0.3 is 15.3 Å². The van der Waals surface area contributed by atoms with Crippen LogP contribution in [0.4, 0.5) is 5.82 Å². The van der Waals surface area contributed by atoms with Crippen LogP contribution in [0.1, 0.15) is 21.6 Å². The molecule has 3 aromatic rings. The molecular formula is C20H20N4O2. The van der Waals surface area contributed by atoms with E-state index in [4.69, 9.17) is 0 Å². The molecule has 0 saturated carbocycles. The van der Waals surface area contributed by atoms with Crippen molar-refractivity contribution in [1.82, 2.24) is 15.3 Å². The van der Waals surface area contributed by atoms with Crippen molar-refractivity contribution in [3.63, 3.8) is 0 Å². The summed E-state index contributed by atoms with van der Waals surface area (Å²) in [5.41, 5.74) is 2.07. The number of aromatic hydroxyl groups is 1. The molecular weight excluding hydrogens is 328 g/mol. The van der Waals surface area contributed by atoms with Gasteiger partial charge in [0, 0.05) is 38.1 Å². The van der Waals surface area contributed by atoms with Gasteiger partial charge in [0.2, 0.25) is 0 Å². The van der Waals surface area contributed by atoms with E-state index < -0.39 is 5.91 Å². The predicted octanol–water partition coefficient (Wildman–Crippen LogP) is 2.75. The highest BCUT2D eigenvalue weighted by atomic mass is 16.3. The van der Waals surface area contributed by atoms with Crippen LogP contribution in [-0.2, 0) is 13.1 Å². The first-order chi connectivity index (χ1) is 12.6. The van der Waals surface area contributed by atoms with Crippen molar-refractivity contribution < 1.29 is 9.90 Å². The van der Waals surface area contributed by atoms with Crippen LogP contribution in [0.25, 0.3) is 0 Å². The molecule has 6 heteroatoms. The summed E-state index contributed by atoms with van der Waals surface area (Å²) in [6.07, 6.45) is 3.20. The second-order valence-electron chi connectivity index (χ2n) is 5.88. The highest BCUT2D eigenvalue weighted by Gasteiger charge is 2.14. The number of carbonyl (C=O) groups excluding carboxylic acids is 1. The van der Waals surface area contributed by atoms with Crippen LogP contribution in [-0.4, -0.2) is 28.0 Å². The van der Waals surface area contributed by atoms with Gasteiger partial charge in [0.1, 0.15) is 11.6 Å². The van der Waals surface area contributed by atoms with Gasteiger partial charge in [-0.2, -0.15) is 0 Å². The van der Waals surface area contributed by atoms with E-state index >= 15 is 0 Å². The van der Waals surface area contributed by atoms with Gasteiger partial charge in [-0.3, -0.25) is 4.79 Å². The lowest BCUT2D eigenvalue weighted by Crippen LogP contribution is -2.26. The first kappa shape index (κ1) is 17.4. The SMILES string of the molecule is CN(Cc1ccccc1)c1ncccc1CNC(=O)c1ncccc1O. The Morgan fingerprint density at radius 2 is 1.77 bits per heavy atom. The largest absolute Gasteiger partial charge is 0.505 e. The summed E-state index contributed by atoms with van der Waals surface area (Å²) in [6, 6.07) is 16.9. The lowest BCUT2D eigenvalue weighted by atomic mass is 10.2. The van der Waals surface area contributed by atoms with Crippen molar-refractivity contribution in [2.24, 2.45) is 0 Å². The molecule has 26 heavy (non-hydrogen) atoms. The third-order valence-electron chi connectivity index (χ3n) is 3.93. The zero-order valence-electron chi connectivity index (χ0n) is 14.5. The van der Waals surface area contributed by atoms with E-state index in [1.54, 1.807) is 12.3 Å². The Labute approximate surface area is 152 Å². The second-order valence-corrected chi connectivity index (χ2v) is 5.88.